The van der Waals surface area contributed by atoms with Crippen molar-refractivity contribution in [3.8, 4) is 11.5 Å². The second kappa shape index (κ2) is 6.38. The molecule has 0 unspecified atom stereocenters. The zero-order valence-corrected chi connectivity index (χ0v) is 13.9. The summed E-state index contributed by atoms with van der Waals surface area (Å²) in [6.45, 7) is 9.31. The summed E-state index contributed by atoms with van der Waals surface area (Å²) in [5.74, 6) is 1.46. The van der Waals surface area contributed by atoms with E-state index in [2.05, 4.69) is 29.7 Å². The van der Waals surface area contributed by atoms with Crippen molar-refractivity contribution in [1.82, 2.24) is 0 Å². The van der Waals surface area contributed by atoms with E-state index in [-0.39, 0.29) is 12.1 Å². The van der Waals surface area contributed by atoms with E-state index in [9.17, 15) is 0 Å². The van der Waals surface area contributed by atoms with Crippen LogP contribution in [-0.4, -0.2) is 27.6 Å². The summed E-state index contributed by atoms with van der Waals surface area (Å²) in [5.41, 5.74) is 9.64. The van der Waals surface area contributed by atoms with Crippen LogP contribution < -0.4 is 9.47 Å². The lowest BCUT2D eigenvalue weighted by molar-refractivity contribution is 0.162. The molecule has 7 heteroatoms. The van der Waals surface area contributed by atoms with Gasteiger partial charge in [-0.05, 0) is 42.9 Å². The Morgan fingerprint density at radius 1 is 1.24 bits per heavy atom. The van der Waals surface area contributed by atoms with Crippen LogP contribution in [0.1, 0.15) is 18.6 Å². The second-order valence-corrected chi connectivity index (χ2v) is 10.5. The zero-order valence-electron chi connectivity index (χ0n) is 12.9. The van der Waals surface area contributed by atoms with E-state index in [1.807, 2.05) is 25.1 Å². The first-order chi connectivity index (χ1) is 9.90. The highest BCUT2D eigenvalue weighted by Crippen LogP contribution is 2.36. The maximum Gasteiger partial charge on any atom is 0.184 e. The van der Waals surface area contributed by atoms with E-state index in [4.69, 9.17) is 19.4 Å². The Morgan fingerprint density at radius 2 is 1.90 bits per heavy atom. The normalized spacial score (nSPS) is 16.8. The molecule has 1 heterocycles. The van der Waals surface area contributed by atoms with Gasteiger partial charge in [0.2, 0.25) is 0 Å². The van der Waals surface area contributed by atoms with Crippen molar-refractivity contribution >= 4 is 8.32 Å². The summed E-state index contributed by atoms with van der Waals surface area (Å²) >= 11 is 0. The Bertz CT molecular complexity index is 553. The van der Waals surface area contributed by atoms with E-state index in [1.54, 1.807) is 0 Å². The van der Waals surface area contributed by atoms with Crippen molar-refractivity contribution in [3.63, 3.8) is 0 Å². The van der Waals surface area contributed by atoms with Crippen molar-refractivity contribution in [2.75, 3.05) is 13.2 Å². The average Bonchev–Trinajstić information content (AvgIpc) is 2.43. The molecule has 1 aromatic carbocycles. The molecule has 0 saturated carbocycles. The van der Waals surface area contributed by atoms with E-state index < -0.39 is 8.32 Å². The first-order valence-corrected chi connectivity index (χ1v) is 10.4. The highest BCUT2D eigenvalue weighted by atomic mass is 28.4. The second-order valence-electron chi connectivity index (χ2n) is 6.00. The van der Waals surface area contributed by atoms with Crippen LogP contribution in [0.5, 0.6) is 11.5 Å². The van der Waals surface area contributed by atoms with Crippen LogP contribution in [0.2, 0.25) is 19.6 Å². The van der Waals surface area contributed by atoms with Gasteiger partial charge < -0.3 is 13.9 Å². The standard InChI is InChI=1S/C14H21N3O3Si/c1-10(16-17-15)14(20-21(2,3)4)11-5-6-12-13(9-11)19-8-7-18-12/h5-6,9-10,14H,7-8H2,1-4H3/t10-,14+/m1/s1. The van der Waals surface area contributed by atoms with Crippen LogP contribution in [0, 0.1) is 0 Å². The molecule has 2 rings (SSSR count). The number of benzene rings is 1. The van der Waals surface area contributed by atoms with Gasteiger partial charge in [0.25, 0.3) is 0 Å². The smallest absolute Gasteiger partial charge is 0.184 e. The number of azide groups is 1. The molecule has 0 radical (unpaired) electrons. The van der Waals surface area contributed by atoms with Gasteiger partial charge in [-0.15, -0.1) is 0 Å². The van der Waals surface area contributed by atoms with Crippen molar-refractivity contribution in [2.24, 2.45) is 5.11 Å². The summed E-state index contributed by atoms with van der Waals surface area (Å²) < 4.78 is 17.3. The molecule has 2 atom stereocenters. The van der Waals surface area contributed by atoms with E-state index in [0.717, 1.165) is 17.1 Å². The predicted octanol–water partition coefficient (Wildman–Crippen LogP) is 4.05. The number of fused-ring (bicyclic) bond motifs is 1. The first kappa shape index (κ1) is 15.7. The Labute approximate surface area is 125 Å². The predicted molar refractivity (Wildman–Crippen MR) is 83.2 cm³/mol. The lowest BCUT2D eigenvalue weighted by Crippen LogP contribution is -2.32. The molecule has 0 N–H and O–H groups in total. The topological polar surface area (TPSA) is 76.5 Å². The molecular formula is C14H21N3O3Si. The molecule has 1 aliphatic heterocycles. The van der Waals surface area contributed by atoms with Crippen LogP contribution in [0.25, 0.3) is 10.4 Å². The fourth-order valence-electron chi connectivity index (χ4n) is 2.20. The lowest BCUT2D eigenvalue weighted by Gasteiger charge is -2.30. The minimum absolute atomic E-state index is 0.275. The molecule has 114 valence electrons. The number of rotatable bonds is 5. The summed E-state index contributed by atoms with van der Waals surface area (Å²) in [4.78, 5) is 2.90. The molecule has 0 aliphatic carbocycles. The molecule has 0 aromatic heterocycles. The molecule has 21 heavy (non-hydrogen) atoms. The molecule has 1 aromatic rings. The van der Waals surface area contributed by atoms with Gasteiger partial charge in [-0.2, -0.15) is 0 Å². The maximum atomic E-state index is 8.69. The number of nitrogens with zero attached hydrogens (tertiary/aromatic N) is 3. The van der Waals surface area contributed by atoms with Crippen molar-refractivity contribution in [3.05, 3.63) is 34.2 Å². The van der Waals surface area contributed by atoms with Crippen molar-refractivity contribution in [2.45, 2.75) is 38.7 Å². The van der Waals surface area contributed by atoms with Crippen LogP contribution in [0.3, 0.4) is 0 Å². The highest BCUT2D eigenvalue weighted by Gasteiger charge is 2.27. The van der Waals surface area contributed by atoms with Gasteiger partial charge in [-0.25, -0.2) is 0 Å². The summed E-state index contributed by atoms with van der Waals surface area (Å²) in [6.07, 6.45) is -0.275. The van der Waals surface area contributed by atoms with Crippen LogP contribution in [-0.2, 0) is 4.43 Å². The first-order valence-electron chi connectivity index (χ1n) is 7.02. The third kappa shape index (κ3) is 4.14. The molecule has 1 aliphatic rings. The van der Waals surface area contributed by atoms with Gasteiger partial charge in [0.15, 0.2) is 19.8 Å². The van der Waals surface area contributed by atoms with Gasteiger partial charge >= 0.3 is 0 Å². The van der Waals surface area contributed by atoms with Gasteiger partial charge in [0.1, 0.15) is 13.2 Å². The fourth-order valence-corrected chi connectivity index (χ4v) is 3.30. The molecule has 0 saturated heterocycles. The summed E-state index contributed by atoms with van der Waals surface area (Å²) in [6, 6.07) is 5.46. The van der Waals surface area contributed by atoms with Crippen LogP contribution in [0.4, 0.5) is 0 Å². The SMILES string of the molecule is C[C@@H](N=[N+]=[N-])[C@H](O[Si](C)(C)C)c1ccc2c(c1)OCCO2. The van der Waals surface area contributed by atoms with E-state index in [1.165, 1.54) is 0 Å². The molecule has 0 amide bonds. The minimum atomic E-state index is -1.79. The maximum absolute atomic E-state index is 8.69. The summed E-state index contributed by atoms with van der Waals surface area (Å²) in [7, 11) is -1.79. The van der Waals surface area contributed by atoms with Gasteiger partial charge in [-0.1, -0.05) is 18.1 Å². The molecule has 0 bridgehead atoms. The lowest BCUT2D eigenvalue weighted by atomic mass is 10.0. The Hall–Kier alpha value is -1.69. The highest BCUT2D eigenvalue weighted by molar-refractivity contribution is 6.69. The third-order valence-corrected chi connectivity index (χ3v) is 4.01. The number of hydrogen-bond donors (Lipinski definition) is 0. The van der Waals surface area contributed by atoms with Gasteiger partial charge in [0, 0.05) is 4.91 Å². The minimum Gasteiger partial charge on any atom is -0.486 e. The number of ether oxygens (including phenoxy) is 2. The van der Waals surface area contributed by atoms with Gasteiger partial charge in [-0.3, -0.25) is 0 Å². The van der Waals surface area contributed by atoms with Crippen molar-refractivity contribution < 1.29 is 13.9 Å². The van der Waals surface area contributed by atoms with Gasteiger partial charge in [0.05, 0.1) is 12.1 Å². The Balaban J connectivity index is 2.33. The largest absolute Gasteiger partial charge is 0.486 e. The fraction of sp³-hybridized carbons (Fsp3) is 0.571. The molecule has 0 fully saturated rings. The summed E-state index contributed by atoms with van der Waals surface area (Å²) in [5, 5.41) is 3.80. The molecule has 0 spiro atoms. The quantitative estimate of drug-likeness (QED) is 0.356. The monoisotopic (exact) mass is 307 g/mol. The molecular weight excluding hydrogens is 286 g/mol. The number of hydrogen-bond acceptors (Lipinski definition) is 4. The van der Waals surface area contributed by atoms with Crippen LogP contribution in [0.15, 0.2) is 23.3 Å². The Kier molecular flexibility index (Phi) is 4.77. The van der Waals surface area contributed by atoms with Crippen molar-refractivity contribution in [1.29, 1.82) is 0 Å². The van der Waals surface area contributed by atoms with Crippen LogP contribution >= 0.6 is 0 Å². The average molecular weight is 307 g/mol. The zero-order chi connectivity index (χ0) is 15.5. The van der Waals surface area contributed by atoms with E-state index in [0.29, 0.717) is 13.2 Å². The Morgan fingerprint density at radius 3 is 2.52 bits per heavy atom. The van der Waals surface area contributed by atoms with E-state index >= 15 is 0 Å². The molecule has 6 nitrogen and oxygen atoms in total. The third-order valence-electron chi connectivity index (χ3n) is 3.05.